The average molecular weight is 357 g/mol. The van der Waals surface area contributed by atoms with Crippen LogP contribution < -0.4 is 0 Å². The predicted octanol–water partition coefficient (Wildman–Crippen LogP) is 4.01. The van der Waals surface area contributed by atoms with Crippen molar-refractivity contribution in [1.29, 1.82) is 0 Å². The summed E-state index contributed by atoms with van der Waals surface area (Å²) in [7, 11) is 0. The Morgan fingerprint density at radius 3 is 2.27 bits per heavy atom. The van der Waals surface area contributed by atoms with Crippen LogP contribution in [0.25, 0.3) is 11.1 Å². The van der Waals surface area contributed by atoms with Crippen molar-refractivity contribution >= 4 is 0 Å². The van der Waals surface area contributed by atoms with Crippen LogP contribution in [0, 0.1) is 11.7 Å². The van der Waals surface area contributed by atoms with Crippen LogP contribution in [-0.2, 0) is 0 Å². The molecule has 2 aromatic carbocycles. The van der Waals surface area contributed by atoms with E-state index in [0.717, 1.165) is 42.6 Å². The summed E-state index contributed by atoms with van der Waals surface area (Å²) < 4.78 is 13.3. The highest BCUT2D eigenvalue weighted by Crippen LogP contribution is 2.33. The minimum absolute atomic E-state index is 0.245. The summed E-state index contributed by atoms with van der Waals surface area (Å²) in [6, 6.07) is 14.2. The van der Waals surface area contributed by atoms with Crippen molar-refractivity contribution in [3.63, 3.8) is 0 Å². The number of hydrogen-bond donors (Lipinski definition) is 2. The topological polar surface area (TPSA) is 43.7 Å². The van der Waals surface area contributed by atoms with E-state index in [1.807, 2.05) is 36.1 Å². The Morgan fingerprint density at radius 1 is 1.00 bits per heavy atom. The van der Waals surface area contributed by atoms with Gasteiger partial charge < -0.3 is 10.2 Å². The number of aliphatic hydroxyl groups is 2. The van der Waals surface area contributed by atoms with Crippen LogP contribution in [0.15, 0.2) is 48.5 Å². The summed E-state index contributed by atoms with van der Waals surface area (Å²) >= 11 is 0. The second-order valence-electron chi connectivity index (χ2n) is 7.51. The van der Waals surface area contributed by atoms with Crippen LogP contribution in [0.1, 0.15) is 38.2 Å². The monoisotopic (exact) mass is 357 g/mol. The molecule has 0 bridgehead atoms. The van der Waals surface area contributed by atoms with Gasteiger partial charge in [-0.25, -0.2) is 4.39 Å². The van der Waals surface area contributed by atoms with Crippen LogP contribution in [0.4, 0.5) is 4.39 Å². The summed E-state index contributed by atoms with van der Waals surface area (Å²) in [6.45, 7) is 5.78. The van der Waals surface area contributed by atoms with Gasteiger partial charge in [-0.3, -0.25) is 4.90 Å². The van der Waals surface area contributed by atoms with Gasteiger partial charge in [-0.05, 0) is 47.6 Å². The standard InChI is InChI=1S/C22H28FNO2/c1-15-11-13-24(14-12-15)22(26)21(25)16(2)19-5-3-4-6-20(19)17-7-9-18(23)10-8-17/h3-10,15-16,21-22,25-26H,11-14H2,1-2H3. The van der Waals surface area contributed by atoms with E-state index in [1.165, 1.54) is 12.1 Å². The zero-order valence-corrected chi connectivity index (χ0v) is 15.5. The van der Waals surface area contributed by atoms with Crippen molar-refractivity contribution in [1.82, 2.24) is 4.90 Å². The Bertz CT molecular complexity index is 710. The van der Waals surface area contributed by atoms with Gasteiger partial charge in [-0.2, -0.15) is 0 Å². The number of benzene rings is 2. The zero-order chi connectivity index (χ0) is 18.7. The minimum atomic E-state index is -0.884. The maximum atomic E-state index is 13.3. The lowest BCUT2D eigenvalue weighted by molar-refractivity contribution is -0.1000. The molecule has 1 aliphatic rings. The first-order valence-corrected chi connectivity index (χ1v) is 9.42. The lowest BCUT2D eigenvalue weighted by Gasteiger charge is -2.37. The molecule has 2 N–H and O–H groups in total. The maximum absolute atomic E-state index is 13.3. The van der Waals surface area contributed by atoms with E-state index in [2.05, 4.69) is 6.92 Å². The molecule has 3 unspecified atom stereocenters. The first kappa shape index (κ1) is 19.0. The summed E-state index contributed by atoms with van der Waals surface area (Å²) in [4.78, 5) is 1.97. The third-order valence-electron chi connectivity index (χ3n) is 5.62. The number of nitrogens with zero attached hydrogens (tertiary/aromatic N) is 1. The van der Waals surface area contributed by atoms with Gasteiger partial charge in [0.15, 0.2) is 0 Å². The summed E-state index contributed by atoms with van der Waals surface area (Å²) in [6.07, 6.45) is 0.332. The molecule has 0 spiro atoms. The SMILES string of the molecule is CC1CCN(C(O)C(O)C(C)c2ccccc2-c2ccc(F)cc2)CC1. The second-order valence-corrected chi connectivity index (χ2v) is 7.51. The first-order valence-electron chi connectivity index (χ1n) is 9.42. The van der Waals surface area contributed by atoms with Gasteiger partial charge in [0.2, 0.25) is 0 Å². The van der Waals surface area contributed by atoms with E-state index in [0.29, 0.717) is 5.92 Å². The quantitative estimate of drug-likeness (QED) is 0.850. The number of hydrogen-bond acceptors (Lipinski definition) is 3. The molecule has 26 heavy (non-hydrogen) atoms. The molecule has 3 nitrogen and oxygen atoms in total. The normalized spacial score (nSPS) is 19.9. The summed E-state index contributed by atoms with van der Waals surface area (Å²) in [5, 5.41) is 21.5. The van der Waals surface area contributed by atoms with E-state index in [1.54, 1.807) is 12.1 Å². The van der Waals surface area contributed by atoms with Crippen molar-refractivity contribution in [2.24, 2.45) is 5.92 Å². The van der Waals surface area contributed by atoms with E-state index in [-0.39, 0.29) is 11.7 Å². The highest BCUT2D eigenvalue weighted by atomic mass is 19.1. The molecule has 140 valence electrons. The Balaban J connectivity index is 1.81. The summed E-state index contributed by atoms with van der Waals surface area (Å²) in [5.41, 5.74) is 2.82. The highest BCUT2D eigenvalue weighted by molar-refractivity contribution is 5.68. The van der Waals surface area contributed by atoms with Gasteiger partial charge in [0, 0.05) is 19.0 Å². The fourth-order valence-electron chi connectivity index (χ4n) is 3.74. The highest BCUT2D eigenvalue weighted by Gasteiger charge is 2.31. The van der Waals surface area contributed by atoms with Crippen LogP contribution in [0.5, 0.6) is 0 Å². The van der Waals surface area contributed by atoms with Crippen LogP contribution in [-0.4, -0.2) is 40.5 Å². The molecule has 1 fully saturated rings. The number of aliphatic hydroxyl groups excluding tert-OH is 2. The average Bonchev–Trinajstić information content (AvgIpc) is 2.67. The number of piperidine rings is 1. The molecule has 4 heteroatoms. The van der Waals surface area contributed by atoms with Gasteiger partial charge in [-0.15, -0.1) is 0 Å². The molecule has 3 atom stereocenters. The second kappa shape index (κ2) is 8.30. The third-order valence-corrected chi connectivity index (χ3v) is 5.62. The Hall–Kier alpha value is -1.75. The van der Waals surface area contributed by atoms with Gasteiger partial charge in [0.25, 0.3) is 0 Å². The fraction of sp³-hybridized carbons (Fsp3) is 0.455. The number of halogens is 1. The predicted molar refractivity (Wildman–Crippen MR) is 102 cm³/mol. The van der Waals surface area contributed by atoms with Crippen molar-refractivity contribution in [3.8, 4) is 11.1 Å². The Labute approximate surface area is 155 Å². The zero-order valence-electron chi connectivity index (χ0n) is 15.5. The number of likely N-dealkylation sites (tertiary alicyclic amines) is 1. The Kier molecular flexibility index (Phi) is 6.07. The van der Waals surface area contributed by atoms with Crippen LogP contribution in [0.3, 0.4) is 0 Å². The first-order chi connectivity index (χ1) is 12.5. The molecule has 0 aromatic heterocycles. The largest absolute Gasteiger partial charge is 0.388 e. The van der Waals surface area contributed by atoms with E-state index in [9.17, 15) is 14.6 Å². The smallest absolute Gasteiger partial charge is 0.134 e. The van der Waals surface area contributed by atoms with Gasteiger partial charge in [0.05, 0.1) is 0 Å². The van der Waals surface area contributed by atoms with Crippen molar-refractivity contribution < 1.29 is 14.6 Å². The van der Waals surface area contributed by atoms with Crippen LogP contribution in [0.2, 0.25) is 0 Å². The van der Waals surface area contributed by atoms with E-state index < -0.39 is 12.3 Å². The lowest BCUT2D eigenvalue weighted by atomic mass is 9.87. The molecule has 0 radical (unpaired) electrons. The van der Waals surface area contributed by atoms with Gasteiger partial charge in [0.1, 0.15) is 18.1 Å². The van der Waals surface area contributed by atoms with Crippen LogP contribution >= 0.6 is 0 Å². The molecule has 1 saturated heterocycles. The molecular weight excluding hydrogens is 329 g/mol. The van der Waals surface area contributed by atoms with Gasteiger partial charge >= 0.3 is 0 Å². The molecule has 0 saturated carbocycles. The number of rotatable bonds is 5. The molecule has 1 aliphatic heterocycles. The molecular formula is C22H28FNO2. The molecule has 0 amide bonds. The molecule has 0 aliphatic carbocycles. The van der Waals surface area contributed by atoms with Gasteiger partial charge in [-0.1, -0.05) is 50.2 Å². The Morgan fingerprint density at radius 2 is 1.62 bits per heavy atom. The molecule has 3 rings (SSSR count). The molecule has 2 aromatic rings. The fourth-order valence-corrected chi connectivity index (χ4v) is 3.74. The van der Waals surface area contributed by atoms with Crippen molar-refractivity contribution in [2.45, 2.75) is 44.9 Å². The summed E-state index contributed by atoms with van der Waals surface area (Å²) in [5.74, 6) is 0.159. The van der Waals surface area contributed by atoms with E-state index >= 15 is 0 Å². The minimum Gasteiger partial charge on any atom is -0.388 e. The maximum Gasteiger partial charge on any atom is 0.134 e. The van der Waals surface area contributed by atoms with Crippen molar-refractivity contribution in [3.05, 3.63) is 59.9 Å². The van der Waals surface area contributed by atoms with E-state index in [4.69, 9.17) is 0 Å². The third kappa shape index (κ3) is 4.14. The molecule has 1 heterocycles. The van der Waals surface area contributed by atoms with Crippen molar-refractivity contribution in [2.75, 3.05) is 13.1 Å². The lowest BCUT2D eigenvalue weighted by Crippen LogP contribution is -2.48.